The summed E-state index contributed by atoms with van der Waals surface area (Å²) in [5.41, 5.74) is 0.844. The molecule has 1 saturated carbocycles. The Bertz CT molecular complexity index is 389. The third-order valence-electron chi connectivity index (χ3n) is 2.78. The van der Waals surface area contributed by atoms with E-state index in [4.69, 9.17) is 0 Å². The number of aliphatic hydroxyl groups is 1. The van der Waals surface area contributed by atoms with Crippen LogP contribution in [-0.4, -0.2) is 35.2 Å². The van der Waals surface area contributed by atoms with E-state index in [1.54, 1.807) is 24.5 Å². The number of guanidine groups is 1. The Kier molecular flexibility index (Phi) is 4.52. The van der Waals surface area contributed by atoms with Crippen molar-refractivity contribution in [3.8, 4) is 0 Å². The van der Waals surface area contributed by atoms with Gasteiger partial charge >= 0.3 is 0 Å². The molecule has 0 spiro atoms. The molecule has 98 valence electrons. The lowest BCUT2D eigenvalue weighted by molar-refractivity contribution is 0.187. The summed E-state index contributed by atoms with van der Waals surface area (Å²) >= 11 is 0. The van der Waals surface area contributed by atoms with Gasteiger partial charge in [-0.3, -0.25) is 9.98 Å². The lowest BCUT2D eigenvalue weighted by Gasteiger charge is -2.12. The zero-order valence-electron chi connectivity index (χ0n) is 10.6. The summed E-state index contributed by atoms with van der Waals surface area (Å²) in [5, 5.41) is 16.5. The standard InChI is InChI=1S/C13H20N4O/c1-2-15-13(17-11-3-4-11)16-9-12(18)10-5-7-14-8-6-10/h5-8,11-12,18H,2-4,9H2,1H3,(H2,15,16,17). The fourth-order valence-corrected chi connectivity index (χ4v) is 1.61. The van der Waals surface area contributed by atoms with Crippen molar-refractivity contribution in [2.45, 2.75) is 31.9 Å². The van der Waals surface area contributed by atoms with Gasteiger partial charge in [-0.25, -0.2) is 0 Å². The number of aliphatic hydroxyl groups excluding tert-OH is 1. The molecule has 3 N–H and O–H groups in total. The molecule has 0 aliphatic heterocycles. The zero-order valence-corrected chi connectivity index (χ0v) is 10.6. The lowest BCUT2D eigenvalue weighted by Crippen LogP contribution is -2.38. The smallest absolute Gasteiger partial charge is 0.191 e. The van der Waals surface area contributed by atoms with Crippen molar-refractivity contribution in [3.05, 3.63) is 30.1 Å². The predicted octanol–water partition coefficient (Wildman–Crippen LogP) is 0.832. The van der Waals surface area contributed by atoms with Gasteiger partial charge in [0.25, 0.3) is 0 Å². The van der Waals surface area contributed by atoms with Crippen LogP contribution in [0.4, 0.5) is 0 Å². The number of pyridine rings is 1. The van der Waals surface area contributed by atoms with Crippen LogP contribution in [0.2, 0.25) is 0 Å². The Morgan fingerprint density at radius 3 is 2.83 bits per heavy atom. The van der Waals surface area contributed by atoms with Crippen molar-refractivity contribution < 1.29 is 5.11 Å². The highest BCUT2D eigenvalue weighted by Gasteiger charge is 2.22. The topological polar surface area (TPSA) is 69.5 Å². The van der Waals surface area contributed by atoms with Crippen LogP contribution in [0.3, 0.4) is 0 Å². The van der Waals surface area contributed by atoms with Crippen LogP contribution >= 0.6 is 0 Å². The van der Waals surface area contributed by atoms with E-state index in [9.17, 15) is 5.11 Å². The first-order valence-electron chi connectivity index (χ1n) is 6.42. The molecule has 1 aliphatic carbocycles. The van der Waals surface area contributed by atoms with Crippen LogP contribution in [0.5, 0.6) is 0 Å². The minimum atomic E-state index is -0.581. The largest absolute Gasteiger partial charge is 0.386 e. The fourth-order valence-electron chi connectivity index (χ4n) is 1.61. The first-order valence-corrected chi connectivity index (χ1v) is 6.42. The van der Waals surface area contributed by atoms with Gasteiger partial charge in [0.05, 0.1) is 12.6 Å². The number of aromatic nitrogens is 1. The first-order chi connectivity index (χ1) is 8.79. The molecule has 2 rings (SSSR count). The minimum Gasteiger partial charge on any atom is -0.386 e. The molecule has 1 fully saturated rings. The van der Waals surface area contributed by atoms with E-state index in [-0.39, 0.29) is 0 Å². The second-order valence-electron chi connectivity index (χ2n) is 4.43. The number of hydrogen-bond acceptors (Lipinski definition) is 3. The Labute approximate surface area is 107 Å². The summed E-state index contributed by atoms with van der Waals surface area (Å²) in [5.74, 6) is 0.785. The van der Waals surface area contributed by atoms with Gasteiger partial charge in [-0.15, -0.1) is 0 Å². The minimum absolute atomic E-state index is 0.353. The fraction of sp³-hybridized carbons (Fsp3) is 0.538. The molecule has 1 heterocycles. The van der Waals surface area contributed by atoms with Crippen LogP contribution < -0.4 is 10.6 Å². The molecular formula is C13H20N4O. The van der Waals surface area contributed by atoms with Crippen molar-refractivity contribution in [3.63, 3.8) is 0 Å². The van der Waals surface area contributed by atoms with Crippen LogP contribution in [0.25, 0.3) is 0 Å². The quantitative estimate of drug-likeness (QED) is 0.533. The molecular weight excluding hydrogens is 228 g/mol. The third-order valence-corrected chi connectivity index (χ3v) is 2.78. The van der Waals surface area contributed by atoms with Gasteiger partial charge in [-0.05, 0) is 37.5 Å². The van der Waals surface area contributed by atoms with Gasteiger partial charge in [0.1, 0.15) is 0 Å². The Hall–Kier alpha value is -1.62. The maximum absolute atomic E-state index is 10.00. The van der Waals surface area contributed by atoms with E-state index < -0.39 is 6.10 Å². The van der Waals surface area contributed by atoms with E-state index in [1.165, 1.54) is 12.8 Å². The van der Waals surface area contributed by atoms with Gasteiger partial charge in [-0.1, -0.05) is 0 Å². The van der Waals surface area contributed by atoms with Gasteiger partial charge in [0, 0.05) is 25.0 Å². The first kappa shape index (κ1) is 12.8. The van der Waals surface area contributed by atoms with Crippen LogP contribution in [0, 0.1) is 0 Å². The van der Waals surface area contributed by atoms with Crippen molar-refractivity contribution in [1.29, 1.82) is 0 Å². The number of nitrogens with one attached hydrogen (secondary N) is 2. The summed E-state index contributed by atoms with van der Waals surface area (Å²) < 4.78 is 0. The number of nitrogens with zero attached hydrogens (tertiary/aromatic N) is 2. The van der Waals surface area contributed by atoms with Crippen molar-refractivity contribution in [2.24, 2.45) is 4.99 Å². The van der Waals surface area contributed by atoms with E-state index >= 15 is 0 Å². The summed E-state index contributed by atoms with van der Waals surface area (Å²) in [6.07, 6.45) is 5.18. The van der Waals surface area contributed by atoms with Gasteiger partial charge in [0.15, 0.2) is 5.96 Å². The molecule has 0 radical (unpaired) electrons. The normalized spacial score (nSPS) is 17.3. The SMILES string of the molecule is CCNC(=NCC(O)c1ccncc1)NC1CC1. The molecule has 18 heavy (non-hydrogen) atoms. The highest BCUT2D eigenvalue weighted by Crippen LogP contribution is 2.18. The molecule has 1 unspecified atom stereocenters. The van der Waals surface area contributed by atoms with Gasteiger partial charge < -0.3 is 15.7 Å². The van der Waals surface area contributed by atoms with Crippen LogP contribution in [0.1, 0.15) is 31.4 Å². The van der Waals surface area contributed by atoms with Crippen molar-refractivity contribution in [1.82, 2.24) is 15.6 Å². The predicted molar refractivity (Wildman–Crippen MR) is 71.3 cm³/mol. The highest BCUT2D eigenvalue weighted by molar-refractivity contribution is 5.80. The second kappa shape index (κ2) is 6.35. The van der Waals surface area contributed by atoms with Crippen molar-refractivity contribution >= 4 is 5.96 Å². The maximum atomic E-state index is 10.00. The summed E-state index contributed by atoms with van der Waals surface area (Å²) in [7, 11) is 0. The Balaban J connectivity index is 1.89. The molecule has 5 heteroatoms. The molecule has 5 nitrogen and oxygen atoms in total. The molecule has 1 aromatic heterocycles. The number of rotatable bonds is 5. The average Bonchev–Trinajstić information content (AvgIpc) is 3.21. The van der Waals surface area contributed by atoms with E-state index in [0.29, 0.717) is 12.6 Å². The second-order valence-corrected chi connectivity index (χ2v) is 4.43. The molecule has 0 saturated heterocycles. The molecule has 1 aromatic rings. The molecule has 0 aromatic carbocycles. The number of aliphatic imine (C=N–C) groups is 1. The summed E-state index contributed by atoms with van der Waals surface area (Å²) in [6, 6.07) is 4.17. The zero-order chi connectivity index (χ0) is 12.8. The highest BCUT2D eigenvalue weighted by atomic mass is 16.3. The molecule has 0 amide bonds. The van der Waals surface area contributed by atoms with E-state index in [0.717, 1.165) is 18.1 Å². The lowest BCUT2D eigenvalue weighted by atomic mass is 10.1. The van der Waals surface area contributed by atoms with Crippen LogP contribution in [-0.2, 0) is 0 Å². The summed E-state index contributed by atoms with van der Waals surface area (Å²) in [6.45, 7) is 3.21. The van der Waals surface area contributed by atoms with Crippen LogP contribution in [0.15, 0.2) is 29.5 Å². The molecule has 1 atom stereocenters. The monoisotopic (exact) mass is 248 g/mol. The Morgan fingerprint density at radius 2 is 2.22 bits per heavy atom. The summed E-state index contributed by atoms with van der Waals surface area (Å²) in [4.78, 5) is 8.32. The van der Waals surface area contributed by atoms with E-state index in [2.05, 4.69) is 20.6 Å². The third kappa shape index (κ3) is 4.00. The average molecular weight is 248 g/mol. The molecule has 0 bridgehead atoms. The molecule has 1 aliphatic rings. The number of hydrogen-bond donors (Lipinski definition) is 3. The maximum Gasteiger partial charge on any atom is 0.191 e. The Morgan fingerprint density at radius 1 is 1.50 bits per heavy atom. The van der Waals surface area contributed by atoms with Gasteiger partial charge in [0.2, 0.25) is 0 Å². The van der Waals surface area contributed by atoms with Gasteiger partial charge in [-0.2, -0.15) is 0 Å². The van der Waals surface area contributed by atoms with Crippen molar-refractivity contribution in [2.75, 3.05) is 13.1 Å². The van der Waals surface area contributed by atoms with E-state index in [1.807, 2.05) is 6.92 Å².